The van der Waals surface area contributed by atoms with E-state index in [4.69, 9.17) is 0 Å². The lowest BCUT2D eigenvalue weighted by atomic mass is 9.34. The maximum Gasteiger partial charge on any atom is 0.252 e. The normalized spacial score (nSPS) is 12.7. The second-order valence-corrected chi connectivity index (χ2v) is 23.8. The number of benzene rings is 11. The molecule has 0 N–H and O–H groups in total. The van der Waals surface area contributed by atoms with E-state index >= 15 is 0 Å². The van der Waals surface area contributed by atoms with Crippen LogP contribution in [0.3, 0.4) is 0 Å². The van der Waals surface area contributed by atoms with Gasteiger partial charge in [0.15, 0.2) is 0 Å². The molecule has 2 aromatic heterocycles. The van der Waals surface area contributed by atoms with Crippen LogP contribution < -0.4 is 21.3 Å². The van der Waals surface area contributed by atoms with Gasteiger partial charge in [0.1, 0.15) is 0 Å². The third-order valence-corrected chi connectivity index (χ3v) is 17.0. The Morgan fingerprint density at radius 1 is 0.333 bits per heavy atom. The maximum atomic E-state index is 2.66. The van der Waals surface area contributed by atoms with Crippen LogP contribution in [-0.4, -0.2) is 15.8 Å². The first-order valence-electron chi connectivity index (χ1n) is 27.6. The Morgan fingerprint density at radius 2 is 0.718 bits per heavy atom. The summed E-state index contributed by atoms with van der Waals surface area (Å²) in [6.07, 6.45) is 0. The van der Waals surface area contributed by atoms with E-state index in [0.29, 0.717) is 0 Å². The fourth-order valence-corrected chi connectivity index (χ4v) is 13.1. The summed E-state index contributed by atoms with van der Waals surface area (Å²) in [5, 5.41) is 5.02. The lowest BCUT2D eigenvalue weighted by Gasteiger charge is -2.38. The van der Waals surface area contributed by atoms with E-state index in [-0.39, 0.29) is 17.5 Å². The van der Waals surface area contributed by atoms with Gasteiger partial charge in [-0.05, 0) is 156 Å². The molecule has 0 spiro atoms. The quantitative estimate of drug-likeness (QED) is 0.145. The SMILES string of the molecule is CC(C)(C)c1ccc(N(c2ccc(C(C)(C)C)cc2)c2ccc3c4c2-n2c5ccc(-c6ccccc6)cc5c5cc(-c6ccccc6)cc(c52)B4c2cc(-c4ccccc4)cc4c5cc(-c6ccccc6)ccc5n-3c24)cc1. The average molecular weight is 1000 g/mol. The van der Waals surface area contributed by atoms with Crippen molar-refractivity contribution in [2.24, 2.45) is 0 Å². The topological polar surface area (TPSA) is 13.1 Å². The molecule has 2 aliphatic heterocycles. The fourth-order valence-electron chi connectivity index (χ4n) is 13.1. The molecule has 11 aromatic carbocycles. The Morgan fingerprint density at radius 3 is 1.14 bits per heavy atom. The van der Waals surface area contributed by atoms with E-state index in [1.54, 1.807) is 0 Å². The van der Waals surface area contributed by atoms with Crippen molar-refractivity contribution in [2.75, 3.05) is 4.90 Å². The summed E-state index contributed by atoms with van der Waals surface area (Å²) in [6.45, 7) is 13.7. The number of rotatable bonds is 7. The Hall–Kier alpha value is -9.12. The van der Waals surface area contributed by atoms with Crippen LogP contribution in [0.4, 0.5) is 17.1 Å². The van der Waals surface area contributed by atoms with Crippen molar-refractivity contribution >= 4 is 83.8 Å². The third-order valence-electron chi connectivity index (χ3n) is 17.0. The second-order valence-electron chi connectivity index (χ2n) is 23.8. The Bertz CT molecular complexity index is 4460. The van der Waals surface area contributed by atoms with Crippen molar-refractivity contribution in [1.82, 2.24) is 9.13 Å². The molecule has 0 unspecified atom stereocenters. The largest absolute Gasteiger partial charge is 0.310 e. The first-order valence-corrected chi connectivity index (χ1v) is 27.6. The zero-order chi connectivity index (χ0) is 52.6. The van der Waals surface area contributed by atoms with E-state index in [1.807, 2.05) is 0 Å². The predicted molar refractivity (Wildman–Crippen MR) is 334 cm³/mol. The predicted octanol–water partition coefficient (Wildman–Crippen LogP) is 17.8. The molecular formula is C74H58BN3. The van der Waals surface area contributed by atoms with Gasteiger partial charge in [-0.15, -0.1) is 0 Å². The fraction of sp³-hybridized carbons (Fsp3) is 0.108. The van der Waals surface area contributed by atoms with Crippen LogP contribution in [0.15, 0.2) is 243 Å². The van der Waals surface area contributed by atoms with E-state index in [0.717, 1.165) is 17.1 Å². The van der Waals surface area contributed by atoms with Crippen molar-refractivity contribution in [3.05, 3.63) is 254 Å². The highest BCUT2D eigenvalue weighted by molar-refractivity contribution is 7.00. The minimum Gasteiger partial charge on any atom is -0.310 e. The smallest absolute Gasteiger partial charge is 0.252 e. The Labute approximate surface area is 457 Å². The molecule has 78 heavy (non-hydrogen) atoms. The monoisotopic (exact) mass is 999 g/mol. The van der Waals surface area contributed by atoms with Crippen molar-refractivity contribution in [1.29, 1.82) is 0 Å². The van der Waals surface area contributed by atoms with Crippen LogP contribution in [0, 0.1) is 0 Å². The first kappa shape index (κ1) is 46.2. The van der Waals surface area contributed by atoms with Crippen molar-refractivity contribution in [3.8, 4) is 55.9 Å². The summed E-state index contributed by atoms with van der Waals surface area (Å²) in [5.41, 5.74) is 27.0. The highest BCUT2D eigenvalue weighted by atomic mass is 15.2. The summed E-state index contributed by atoms with van der Waals surface area (Å²) in [6, 6.07) is 91.7. The molecular weight excluding hydrogens is 942 g/mol. The molecule has 0 saturated heterocycles. The summed E-state index contributed by atoms with van der Waals surface area (Å²) >= 11 is 0. The van der Waals surface area contributed by atoms with Crippen LogP contribution in [0.2, 0.25) is 0 Å². The molecule has 0 amide bonds. The molecule has 0 radical (unpaired) electrons. The van der Waals surface area contributed by atoms with Gasteiger partial charge in [0.2, 0.25) is 0 Å². The van der Waals surface area contributed by atoms with Crippen LogP contribution in [-0.2, 0) is 10.8 Å². The lowest BCUT2D eigenvalue weighted by molar-refractivity contribution is 0.590. The van der Waals surface area contributed by atoms with Crippen molar-refractivity contribution in [3.63, 3.8) is 0 Å². The van der Waals surface area contributed by atoms with Gasteiger partial charge in [-0.25, -0.2) is 0 Å². The number of aromatic nitrogens is 2. The Kier molecular flexibility index (Phi) is 10.2. The zero-order valence-electron chi connectivity index (χ0n) is 45.0. The minimum atomic E-state index is -0.128. The van der Waals surface area contributed by atoms with Gasteiger partial charge in [0, 0.05) is 49.6 Å². The van der Waals surface area contributed by atoms with Crippen LogP contribution in [0.5, 0.6) is 0 Å². The average Bonchev–Trinajstić information content (AvgIpc) is 4.02. The Balaban J connectivity index is 1.12. The number of anilines is 3. The molecule has 15 rings (SSSR count). The molecule has 4 heteroatoms. The molecule has 13 aromatic rings. The summed E-state index contributed by atoms with van der Waals surface area (Å²) < 4.78 is 5.28. The van der Waals surface area contributed by atoms with Crippen LogP contribution in [0.1, 0.15) is 52.7 Å². The van der Waals surface area contributed by atoms with Gasteiger partial charge < -0.3 is 14.0 Å². The molecule has 0 atom stereocenters. The molecule has 0 saturated carbocycles. The van der Waals surface area contributed by atoms with E-state index in [2.05, 4.69) is 298 Å². The van der Waals surface area contributed by atoms with Gasteiger partial charge in [-0.2, -0.15) is 0 Å². The van der Waals surface area contributed by atoms with Crippen molar-refractivity contribution < 1.29 is 0 Å². The highest BCUT2D eigenvalue weighted by Gasteiger charge is 2.43. The van der Waals surface area contributed by atoms with Gasteiger partial charge in [-0.3, -0.25) is 0 Å². The van der Waals surface area contributed by atoms with Gasteiger partial charge >= 0.3 is 0 Å². The number of hydrogen-bond donors (Lipinski definition) is 0. The minimum absolute atomic E-state index is 0.00193. The molecule has 3 nitrogen and oxygen atoms in total. The standard InChI is InChI=1S/C74H58BN3/c1-73(2,3)55-29-33-57(34-30-55)76(58-35-31-56(32-36-58)74(4,5)6)68-40-39-67-69-72(68)78-66-38-28-52(48-21-13-8-14-22-48)42-60(66)62-44-54(50-25-17-10-18-26-50)46-64(71(62)78)75(69)63-45-53(49-23-15-9-16-24-49)43-61-59-41-51(47-19-11-7-12-20-47)27-37-65(59)77(67)70(61)63/h7-46H,1-6H3. The summed E-state index contributed by atoms with van der Waals surface area (Å²) in [5.74, 6) is 0. The van der Waals surface area contributed by atoms with Gasteiger partial charge in [0.05, 0.1) is 22.4 Å². The van der Waals surface area contributed by atoms with Crippen molar-refractivity contribution in [2.45, 2.75) is 52.4 Å². The highest BCUT2D eigenvalue weighted by Crippen LogP contribution is 2.48. The lowest BCUT2D eigenvalue weighted by Crippen LogP contribution is -2.59. The first-order chi connectivity index (χ1) is 38.0. The molecule has 0 aliphatic carbocycles. The van der Waals surface area contributed by atoms with Crippen LogP contribution in [0.25, 0.3) is 99.5 Å². The van der Waals surface area contributed by atoms with E-state index in [9.17, 15) is 0 Å². The van der Waals surface area contributed by atoms with E-state index in [1.165, 1.54) is 127 Å². The molecule has 4 heterocycles. The maximum absolute atomic E-state index is 2.66. The summed E-state index contributed by atoms with van der Waals surface area (Å²) in [7, 11) is 0. The summed E-state index contributed by atoms with van der Waals surface area (Å²) in [4.78, 5) is 2.54. The molecule has 372 valence electrons. The molecule has 0 bridgehead atoms. The molecule has 0 fully saturated rings. The van der Waals surface area contributed by atoms with Crippen LogP contribution >= 0.6 is 0 Å². The number of fused-ring (bicyclic) bond motifs is 10. The van der Waals surface area contributed by atoms with Gasteiger partial charge in [0.25, 0.3) is 6.71 Å². The number of nitrogens with zero attached hydrogens (tertiary/aromatic N) is 3. The second kappa shape index (κ2) is 17.2. The third kappa shape index (κ3) is 7.12. The number of hydrogen-bond acceptors (Lipinski definition) is 1. The van der Waals surface area contributed by atoms with E-state index < -0.39 is 0 Å². The van der Waals surface area contributed by atoms with Gasteiger partial charge in [-0.1, -0.05) is 211 Å². The molecule has 2 aliphatic rings. The zero-order valence-corrected chi connectivity index (χ0v) is 45.0.